The van der Waals surface area contributed by atoms with Crippen molar-refractivity contribution < 1.29 is 8.78 Å². The number of hydrogen-bond donors (Lipinski definition) is 1. The molecule has 0 spiro atoms. The number of hydrogen-bond acceptors (Lipinski definition) is 3. The minimum atomic E-state index is -0.643. The average Bonchev–Trinajstić information content (AvgIpc) is 2.89. The Morgan fingerprint density at radius 3 is 2.54 bits per heavy atom. The molecule has 1 heterocycles. The Balaban J connectivity index is 1.94. The zero-order valence-electron chi connectivity index (χ0n) is 13.4. The van der Waals surface area contributed by atoms with Gasteiger partial charge in [0, 0.05) is 0 Å². The van der Waals surface area contributed by atoms with E-state index in [-0.39, 0.29) is 22.6 Å². The number of nitrogens with zero attached hydrogens (tertiary/aromatic N) is 2. The monoisotopic (exact) mass is 345 g/mol. The molecule has 2 atom stereocenters. The molecule has 2 aliphatic carbocycles. The summed E-state index contributed by atoms with van der Waals surface area (Å²) in [6.45, 7) is 4.27. The molecule has 0 amide bonds. The Bertz CT molecular complexity index is 860. The van der Waals surface area contributed by atoms with Gasteiger partial charge in [-0.3, -0.25) is 0 Å². The van der Waals surface area contributed by atoms with Gasteiger partial charge in [-0.25, -0.2) is 8.78 Å². The molecule has 124 valence electrons. The first kappa shape index (κ1) is 15.6. The van der Waals surface area contributed by atoms with E-state index in [1.165, 1.54) is 18.2 Å². The van der Waals surface area contributed by atoms with Gasteiger partial charge in [-0.15, -0.1) is 5.10 Å². The molecule has 1 aromatic heterocycles. The van der Waals surface area contributed by atoms with Crippen LogP contribution in [0.25, 0.3) is 11.3 Å². The van der Waals surface area contributed by atoms with Crippen molar-refractivity contribution in [2.24, 2.45) is 11.1 Å². The molecule has 2 aromatic rings. The van der Waals surface area contributed by atoms with E-state index >= 15 is 0 Å². The van der Waals surface area contributed by atoms with Gasteiger partial charge in [0.15, 0.2) is 0 Å². The fraction of sp³-hybridized carbons (Fsp3) is 0.389. The lowest BCUT2D eigenvalue weighted by molar-refractivity contribution is 0.276. The maximum absolute atomic E-state index is 14.1. The van der Waals surface area contributed by atoms with E-state index in [1.807, 2.05) is 0 Å². The van der Waals surface area contributed by atoms with E-state index in [0.717, 1.165) is 24.1 Å². The summed E-state index contributed by atoms with van der Waals surface area (Å²) in [5, 5.41) is 8.45. The topological polar surface area (TPSA) is 51.8 Å². The van der Waals surface area contributed by atoms with Crippen LogP contribution in [0.4, 0.5) is 8.78 Å². The van der Waals surface area contributed by atoms with E-state index < -0.39 is 17.0 Å². The van der Waals surface area contributed by atoms with Gasteiger partial charge in [0.25, 0.3) is 0 Å². The predicted octanol–water partition coefficient (Wildman–Crippen LogP) is 3.86. The van der Waals surface area contributed by atoms with Crippen LogP contribution in [-0.2, 0) is 5.41 Å². The third-order valence-electron chi connectivity index (χ3n) is 6.02. The van der Waals surface area contributed by atoms with Crippen LogP contribution in [-0.4, -0.2) is 15.2 Å². The highest BCUT2D eigenvalue weighted by molar-refractivity contribution is 7.80. The molecule has 0 saturated heterocycles. The molecule has 0 unspecified atom stereocenters. The zero-order chi connectivity index (χ0) is 17.3. The maximum Gasteiger partial charge on any atom is 0.135 e. The quantitative estimate of drug-likeness (QED) is 0.840. The minimum absolute atomic E-state index is 0.141. The summed E-state index contributed by atoms with van der Waals surface area (Å²) < 4.78 is 28.2. The Kier molecular flexibility index (Phi) is 3.10. The molecule has 24 heavy (non-hydrogen) atoms. The molecule has 1 aromatic carbocycles. The smallest absolute Gasteiger partial charge is 0.135 e. The van der Waals surface area contributed by atoms with Crippen LogP contribution >= 0.6 is 12.2 Å². The summed E-state index contributed by atoms with van der Waals surface area (Å²) in [5.41, 5.74) is 7.25. The fourth-order valence-corrected chi connectivity index (χ4v) is 5.20. The van der Waals surface area contributed by atoms with Crippen LogP contribution in [0.1, 0.15) is 43.9 Å². The second-order valence-electron chi connectivity index (χ2n) is 7.21. The van der Waals surface area contributed by atoms with Crippen molar-refractivity contribution in [2.45, 2.75) is 38.0 Å². The Hall–Kier alpha value is -1.95. The number of thiocarbonyl (C=S) groups is 1. The maximum atomic E-state index is 14.1. The summed E-state index contributed by atoms with van der Waals surface area (Å²) >= 11 is 5.38. The van der Waals surface area contributed by atoms with E-state index in [1.54, 1.807) is 6.07 Å². The first-order chi connectivity index (χ1) is 11.3. The summed E-state index contributed by atoms with van der Waals surface area (Å²) in [4.78, 5) is 0.424. The molecule has 3 nitrogen and oxygen atoms in total. The molecule has 2 aliphatic rings. The van der Waals surface area contributed by atoms with Crippen molar-refractivity contribution in [3.8, 4) is 11.3 Å². The lowest BCUT2D eigenvalue weighted by atomic mass is 9.68. The van der Waals surface area contributed by atoms with Gasteiger partial charge < -0.3 is 5.73 Å². The molecular formula is C18H17F2N3S. The number of nitrogens with two attached hydrogens (primary N) is 1. The van der Waals surface area contributed by atoms with Crippen molar-refractivity contribution in [1.29, 1.82) is 0 Å². The van der Waals surface area contributed by atoms with Crippen molar-refractivity contribution in [1.82, 2.24) is 10.2 Å². The first-order valence-corrected chi connectivity index (χ1v) is 8.34. The standard InChI is InChI=1S/C18H17F2N3S/c1-17(2)10-6-7-18(17,16(21)24)15-9(10)8-13(22-23-15)14-11(19)4-3-5-12(14)20/h3-5,8,10H,6-7H2,1-2H3,(H2,21,24)/t10-,18+/m0/s1. The summed E-state index contributed by atoms with van der Waals surface area (Å²) in [6.07, 6.45) is 1.78. The van der Waals surface area contributed by atoms with E-state index in [0.29, 0.717) is 4.99 Å². The average molecular weight is 345 g/mol. The first-order valence-electron chi connectivity index (χ1n) is 7.93. The lowest BCUT2D eigenvalue weighted by Crippen LogP contribution is -2.46. The highest BCUT2D eigenvalue weighted by Gasteiger charge is 2.65. The predicted molar refractivity (Wildman–Crippen MR) is 91.6 cm³/mol. The van der Waals surface area contributed by atoms with Gasteiger partial charge in [-0.05, 0) is 47.9 Å². The number of aromatic nitrogens is 2. The van der Waals surface area contributed by atoms with E-state index in [4.69, 9.17) is 18.0 Å². The van der Waals surface area contributed by atoms with Crippen molar-refractivity contribution in [2.75, 3.05) is 0 Å². The number of benzene rings is 1. The molecule has 1 fully saturated rings. The van der Waals surface area contributed by atoms with Crippen molar-refractivity contribution >= 4 is 17.2 Å². The SMILES string of the molecule is CC1(C)[C@H]2CC[C@]1(C(N)=S)c1nnc(-c3c(F)cccc3F)cc12. The van der Waals surface area contributed by atoms with E-state index in [9.17, 15) is 8.78 Å². The van der Waals surface area contributed by atoms with Gasteiger partial charge in [-0.2, -0.15) is 5.10 Å². The normalized spacial score (nSPS) is 26.4. The van der Waals surface area contributed by atoms with Gasteiger partial charge >= 0.3 is 0 Å². The minimum Gasteiger partial charge on any atom is -0.393 e. The molecule has 6 heteroatoms. The van der Waals surface area contributed by atoms with Crippen LogP contribution in [0.5, 0.6) is 0 Å². The van der Waals surface area contributed by atoms with Gasteiger partial charge in [0.2, 0.25) is 0 Å². The fourth-order valence-electron chi connectivity index (χ4n) is 4.73. The lowest BCUT2D eigenvalue weighted by Gasteiger charge is -2.36. The molecule has 0 radical (unpaired) electrons. The zero-order valence-corrected chi connectivity index (χ0v) is 14.3. The molecule has 2 bridgehead atoms. The van der Waals surface area contributed by atoms with Crippen LogP contribution in [0, 0.1) is 17.0 Å². The van der Waals surface area contributed by atoms with Crippen molar-refractivity contribution in [3.05, 3.63) is 47.2 Å². The molecule has 0 aliphatic heterocycles. The second-order valence-corrected chi connectivity index (χ2v) is 7.65. The number of fused-ring (bicyclic) bond motifs is 5. The summed E-state index contributed by atoms with van der Waals surface area (Å²) in [5.74, 6) is -1.08. The van der Waals surface area contributed by atoms with Crippen LogP contribution in [0.2, 0.25) is 0 Å². The largest absolute Gasteiger partial charge is 0.393 e. The molecule has 2 N–H and O–H groups in total. The number of halogens is 2. The molecule has 4 rings (SSSR count). The highest BCUT2D eigenvalue weighted by atomic mass is 32.1. The summed E-state index contributed by atoms with van der Waals surface area (Å²) in [6, 6.07) is 5.54. The Labute approximate surface area is 144 Å². The van der Waals surface area contributed by atoms with Crippen LogP contribution in [0.3, 0.4) is 0 Å². The molecular weight excluding hydrogens is 328 g/mol. The molecule has 1 saturated carbocycles. The van der Waals surface area contributed by atoms with Gasteiger partial charge in [0.05, 0.1) is 27.4 Å². The second kappa shape index (κ2) is 4.79. The van der Waals surface area contributed by atoms with E-state index in [2.05, 4.69) is 24.0 Å². The van der Waals surface area contributed by atoms with Crippen molar-refractivity contribution in [3.63, 3.8) is 0 Å². The van der Waals surface area contributed by atoms with Gasteiger partial charge in [0.1, 0.15) is 11.6 Å². The Morgan fingerprint density at radius 2 is 1.92 bits per heavy atom. The highest BCUT2D eigenvalue weighted by Crippen LogP contribution is 2.67. The third kappa shape index (κ3) is 1.67. The number of rotatable bonds is 2. The van der Waals surface area contributed by atoms with Gasteiger partial charge in [-0.1, -0.05) is 32.1 Å². The third-order valence-corrected chi connectivity index (χ3v) is 6.37. The van der Waals surface area contributed by atoms with Crippen LogP contribution < -0.4 is 5.73 Å². The van der Waals surface area contributed by atoms with Crippen LogP contribution in [0.15, 0.2) is 24.3 Å². The summed E-state index contributed by atoms with van der Waals surface area (Å²) in [7, 11) is 0. The Morgan fingerprint density at radius 1 is 1.25 bits per heavy atom.